The number of fused-ring (bicyclic) bond motifs is 3. The Morgan fingerprint density at radius 2 is 2.04 bits per heavy atom. The normalized spacial score (nSPS) is 22.3. The van der Waals surface area contributed by atoms with Crippen LogP contribution in [-0.4, -0.2) is 5.91 Å². The first-order chi connectivity index (χ1) is 11.2. The zero-order chi connectivity index (χ0) is 16.0. The fourth-order valence-electron chi connectivity index (χ4n) is 3.38. The lowest BCUT2D eigenvalue weighted by Crippen LogP contribution is -2.38. The molecule has 0 spiro atoms. The molecule has 0 fully saturated rings. The summed E-state index contributed by atoms with van der Waals surface area (Å²) in [6.45, 7) is 2.27. The highest BCUT2D eigenvalue weighted by atomic mass is 32.1. The largest absolute Gasteiger partial charge is 0.353 e. The van der Waals surface area contributed by atoms with E-state index in [2.05, 4.69) is 23.6 Å². The van der Waals surface area contributed by atoms with Gasteiger partial charge in [0.1, 0.15) is 11.2 Å². The van der Waals surface area contributed by atoms with Crippen molar-refractivity contribution in [3.05, 3.63) is 51.4 Å². The van der Waals surface area contributed by atoms with E-state index >= 15 is 0 Å². The first-order valence-electron chi connectivity index (χ1n) is 7.87. The molecule has 1 aromatic carbocycles. The van der Waals surface area contributed by atoms with Crippen molar-refractivity contribution in [2.45, 2.75) is 32.4 Å². The Bertz CT molecular complexity index is 816. The maximum absolute atomic E-state index is 12.6. The van der Waals surface area contributed by atoms with Gasteiger partial charge in [0.2, 0.25) is 0 Å². The monoisotopic (exact) mass is 323 g/mol. The summed E-state index contributed by atoms with van der Waals surface area (Å²) >= 11 is 1.73. The van der Waals surface area contributed by atoms with Crippen molar-refractivity contribution in [1.82, 2.24) is 5.32 Å². The zero-order valence-corrected chi connectivity index (χ0v) is 13.7. The summed E-state index contributed by atoms with van der Waals surface area (Å²) in [6, 6.07) is 9.44. The highest BCUT2D eigenvalue weighted by Crippen LogP contribution is 2.42. The van der Waals surface area contributed by atoms with E-state index < -0.39 is 0 Å². The van der Waals surface area contributed by atoms with Crippen LogP contribution in [0.25, 0.3) is 0 Å². The Morgan fingerprint density at radius 3 is 2.78 bits per heavy atom. The molecule has 1 aromatic heterocycles. The minimum absolute atomic E-state index is 0.0140. The molecule has 4 nitrogen and oxygen atoms in total. The summed E-state index contributed by atoms with van der Waals surface area (Å²) in [7, 11) is 0. The molecule has 23 heavy (non-hydrogen) atoms. The standard InChI is InChI=1S/C18H17N3OS/c1-10-2-7-13-14(8-10)23-18-15(13)17(22)20-16(21-18)12-5-3-11(9-19)4-6-12/h3-6,10,16,21H,2,7-8H2,1H3,(H,20,22)/t10-,16+/m1/s1. The Labute approximate surface area is 139 Å². The molecular weight excluding hydrogens is 306 g/mol. The fraction of sp³-hybridized carbons (Fsp3) is 0.333. The number of hydrogen-bond donors (Lipinski definition) is 2. The fourth-order valence-corrected chi connectivity index (χ4v) is 4.82. The SMILES string of the molecule is C[C@@H]1CCc2c(sc3c2C(=O)N[C@H](c2ccc(C#N)cc2)N3)C1. The third-order valence-corrected chi connectivity index (χ3v) is 5.85. The van der Waals surface area contributed by atoms with E-state index in [1.165, 1.54) is 10.4 Å². The minimum Gasteiger partial charge on any atom is -0.353 e. The van der Waals surface area contributed by atoms with Gasteiger partial charge in [0, 0.05) is 4.88 Å². The Morgan fingerprint density at radius 1 is 1.26 bits per heavy atom. The summed E-state index contributed by atoms with van der Waals surface area (Å²) in [6.07, 6.45) is 2.99. The average Bonchev–Trinajstić information content (AvgIpc) is 2.92. The van der Waals surface area contributed by atoms with Crippen LogP contribution in [0.15, 0.2) is 24.3 Å². The van der Waals surface area contributed by atoms with Crippen LogP contribution in [0.2, 0.25) is 0 Å². The van der Waals surface area contributed by atoms with E-state index in [9.17, 15) is 4.79 Å². The Kier molecular flexibility index (Phi) is 3.35. The molecule has 2 atom stereocenters. The summed E-state index contributed by atoms with van der Waals surface area (Å²) < 4.78 is 0. The van der Waals surface area contributed by atoms with Gasteiger partial charge in [0.15, 0.2) is 0 Å². The number of thiophene rings is 1. The predicted molar refractivity (Wildman–Crippen MR) is 90.5 cm³/mol. The quantitative estimate of drug-likeness (QED) is 0.843. The van der Waals surface area contributed by atoms with Gasteiger partial charge in [-0.1, -0.05) is 19.1 Å². The molecule has 0 saturated heterocycles. The summed E-state index contributed by atoms with van der Waals surface area (Å²) in [4.78, 5) is 14.0. The van der Waals surface area contributed by atoms with Gasteiger partial charge in [-0.3, -0.25) is 4.79 Å². The van der Waals surface area contributed by atoms with Gasteiger partial charge in [-0.25, -0.2) is 0 Å². The maximum atomic E-state index is 12.6. The predicted octanol–water partition coefficient (Wildman–Crippen LogP) is 3.60. The lowest BCUT2D eigenvalue weighted by molar-refractivity contribution is 0.0935. The molecule has 0 radical (unpaired) electrons. The van der Waals surface area contributed by atoms with E-state index in [1.54, 1.807) is 23.5 Å². The second-order valence-electron chi connectivity index (χ2n) is 6.34. The van der Waals surface area contributed by atoms with Crippen molar-refractivity contribution in [1.29, 1.82) is 5.26 Å². The average molecular weight is 323 g/mol. The Hall–Kier alpha value is -2.32. The number of anilines is 1. The molecule has 0 bridgehead atoms. The summed E-state index contributed by atoms with van der Waals surface area (Å²) in [5.74, 6) is 0.708. The molecular formula is C18H17N3OS. The topological polar surface area (TPSA) is 64.9 Å². The number of nitrogens with zero attached hydrogens (tertiary/aromatic N) is 1. The number of hydrogen-bond acceptors (Lipinski definition) is 4. The van der Waals surface area contributed by atoms with Crippen LogP contribution >= 0.6 is 11.3 Å². The van der Waals surface area contributed by atoms with E-state index in [0.29, 0.717) is 11.5 Å². The van der Waals surface area contributed by atoms with Gasteiger partial charge in [-0.2, -0.15) is 5.26 Å². The maximum Gasteiger partial charge on any atom is 0.256 e. The third-order valence-electron chi connectivity index (χ3n) is 4.66. The molecule has 2 heterocycles. The van der Waals surface area contributed by atoms with Crippen molar-refractivity contribution in [2.75, 3.05) is 5.32 Å². The summed E-state index contributed by atoms with van der Waals surface area (Å²) in [5, 5.41) is 16.4. The number of carbonyl (C=O) groups excluding carboxylic acids is 1. The van der Waals surface area contributed by atoms with Crippen molar-refractivity contribution in [3.8, 4) is 6.07 Å². The molecule has 1 aliphatic carbocycles. The van der Waals surface area contributed by atoms with Crippen LogP contribution in [0.3, 0.4) is 0 Å². The van der Waals surface area contributed by atoms with Crippen LogP contribution in [0, 0.1) is 17.2 Å². The third kappa shape index (κ3) is 2.40. The van der Waals surface area contributed by atoms with Crippen LogP contribution in [0.5, 0.6) is 0 Å². The molecule has 0 saturated carbocycles. The van der Waals surface area contributed by atoms with E-state index in [1.807, 2.05) is 12.1 Å². The van der Waals surface area contributed by atoms with Gasteiger partial charge in [-0.05, 0) is 48.4 Å². The number of nitrogens with one attached hydrogen (secondary N) is 2. The lowest BCUT2D eigenvalue weighted by Gasteiger charge is -2.27. The summed E-state index contributed by atoms with van der Waals surface area (Å²) in [5.41, 5.74) is 3.67. The zero-order valence-electron chi connectivity index (χ0n) is 12.8. The van der Waals surface area contributed by atoms with Crippen LogP contribution in [0.4, 0.5) is 5.00 Å². The molecule has 4 rings (SSSR count). The van der Waals surface area contributed by atoms with Crippen LogP contribution < -0.4 is 10.6 Å². The minimum atomic E-state index is -0.236. The highest BCUT2D eigenvalue weighted by molar-refractivity contribution is 7.16. The molecule has 1 amide bonds. The molecule has 0 unspecified atom stereocenters. The van der Waals surface area contributed by atoms with Crippen LogP contribution in [-0.2, 0) is 12.8 Å². The van der Waals surface area contributed by atoms with Gasteiger partial charge < -0.3 is 10.6 Å². The smallest absolute Gasteiger partial charge is 0.256 e. The van der Waals surface area contributed by atoms with Gasteiger partial charge in [-0.15, -0.1) is 11.3 Å². The highest BCUT2D eigenvalue weighted by Gasteiger charge is 2.32. The second kappa shape index (κ2) is 5.39. The van der Waals surface area contributed by atoms with Crippen molar-refractivity contribution in [2.24, 2.45) is 5.92 Å². The number of benzene rings is 1. The number of nitriles is 1. The lowest BCUT2D eigenvalue weighted by atomic mass is 9.88. The molecule has 2 N–H and O–H groups in total. The number of rotatable bonds is 1. The number of carbonyl (C=O) groups is 1. The molecule has 5 heteroatoms. The van der Waals surface area contributed by atoms with Crippen molar-refractivity contribution in [3.63, 3.8) is 0 Å². The van der Waals surface area contributed by atoms with Gasteiger partial charge in [0.25, 0.3) is 5.91 Å². The van der Waals surface area contributed by atoms with Crippen molar-refractivity contribution < 1.29 is 4.79 Å². The second-order valence-corrected chi connectivity index (χ2v) is 7.45. The van der Waals surface area contributed by atoms with Crippen LogP contribution in [0.1, 0.15) is 51.4 Å². The van der Waals surface area contributed by atoms with Crippen molar-refractivity contribution >= 4 is 22.2 Å². The molecule has 116 valence electrons. The first-order valence-corrected chi connectivity index (χ1v) is 8.69. The number of amides is 1. The Balaban J connectivity index is 1.67. The van der Waals surface area contributed by atoms with E-state index in [0.717, 1.165) is 35.4 Å². The first kappa shape index (κ1) is 14.3. The molecule has 1 aliphatic heterocycles. The molecule has 2 aromatic rings. The molecule has 2 aliphatic rings. The van der Waals surface area contributed by atoms with Gasteiger partial charge in [0.05, 0.1) is 17.2 Å². The van der Waals surface area contributed by atoms with Gasteiger partial charge >= 0.3 is 0 Å². The van der Waals surface area contributed by atoms with E-state index in [4.69, 9.17) is 5.26 Å². The van der Waals surface area contributed by atoms with E-state index in [-0.39, 0.29) is 12.1 Å².